The number of ether oxygens (including phenoxy) is 2. The van der Waals surface area contributed by atoms with Gasteiger partial charge in [0.15, 0.2) is 0 Å². The number of hydrogen-bond acceptors (Lipinski definition) is 6. The molecule has 0 aliphatic carbocycles. The van der Waals surface area contributed by atoms with Gasteiger partial charge in [0.05, 0.1) is 18.3 Å². The fraction of sp³-hybridized carbons (Fsp3) is 0.364. The molecule has 1 amide bonds. The highest BCUT2D eigenvalue weighted by atomic mass is 16.6. The largest absolute Gasteiger partial charge is 0.459 e. The predicted octanol–water partition coefficient (Wildman–Crippen LogP) is 1.33. The Kier molecular flexibility index (Phi) is 9.30. The van der Waals surface area contributed by atoms with Crippen LogP contribution in [0.15, 0.2) is 60.7 Å². The van der Waals surface area contributed by atoms with Gasteiger partial charge in [-0.3, -0.25) is 4.79 Å². The first-order valence-electron chi connectivity index (χ1n) is 9.44. The summed E-state index contributed by atoms with van der Waals surface area (Å²) in [6, 6.07) is 18.0. The Labute approximate surface area is 170 Å². The highest BCUT2D eigenvalue weighted by Gasteiger charge is 2.25. The van der Waals surface area contributed by atoms with E-state index in [4.69, 9.17) is 9.47 Å². The molecule has 7 heteroatoms. The number of carbonyl (C=O) groups excluding carboxylic acids is 2. The zero-order valence-corrected chi connectivity index (χ0v) is 16.4. The SMILES string of the molecule is CC(=O)NCC(Cc1ccccc1)OC(CO)[C@@H](O)COC(=O)c1ccccc1. The first-order valence-corrected chi connectivity index (χ1v) is 9.44. The van der Waals surface area contributed by atoms with E-state index in [1.165, 1.54) is 6.92 Å². The third-order valence-electron chi connectivity index (χ3n) is 4.26. The van der Waals surface area contributed by atoms with Crippen LogP contribution in [0.1, 0.15) is 22.8 Å². The summed E-state index contributed by atoms with van der Waals surface area (Å²) in [4.78, 5) is 23.3. The summed E-state index contributed by atoms with van der Waals surface area (Å²) >= 11 is 0. The molecule has 0 aliphatic rings. The van der Waals surface area contributed by atoms with Gasteiger partial charge in [0.1, 0.15) is 18.8 Å². The number of aliphatic hydroxyl groups is 2. The van der Waals surface area contributed by atoms with E-state index in [0.29, 0.717) is 12.0 Å². The third kappa shape index (κ3) is 8.03. The maximum Gasteiger partial charge on any atom is 0.338 e. The van der Waals surface area contributed by atoms with Crippen LogP contribution in [0, 0.1) is 0 Å². The maximum absolute atomic E-state index is 12.0. The first kappa shape index (κ1) is 22.5. The lowest BCUT2D eigenvalue weighted by Gasteiger charge is -2.27. The molecule has 0 aromatic heterocycles. The van der Waals surface area contributed by atoms with E-state index < -0.39 is 30.9 Å². The quantitative estimate of drug-likeness (QED) is 0.491. The molecule has 2 unspecified atom stereocenters. The van der Waals surface area contributed by atoms with E-state index in [9.17, 15) is 19.8 Å². The van der Waals surface area contributed by atoms with Crippen molar-refractivity contribution in [3.8, 4) is 0 Å². The molecule has 0 radical (unpaired) electrons. The van der Waals surface area contributed by atoms with Crippen LogP contribution < -0.4 is 5.32 Å². The average Bonchev–Trinajstić information content (AvgIpc) is 2.74. The molecule has 0 saturated carbocycles. The molecule has 2 rings (SSSR count). The fourth-order valence-corrected chi connectivity index (χ4v) is 2.73. The fourth-order valence-electron chi connectivity index (χ4n) is 2.73. The molecule has 0 saturated heterocycles. The molecule has 156 valence electrons. The van der Waals surface area contributed by atoms with Crippen molar-refractivity contribution < 1.29 is 29.3 Å². The Morgan fingerprint density at radius 1 is 1.03 bits per heavy atom. The molecular weight excluding hydrogens is 374 g/mol. The smallest absolute Gasteiger partial charge is 0.338 e. The Hall–Kier alpha value is -2.74. The Balaban J connectivity index is 1.94. The molecule has 3 N–H and O–H groups in total. The summed E-state index contributed by atoms with van der Waals surface area (Å²) in [5.74, 6) is -0.773. The predicted molar refractivity (Wildman–Crippen MR) is 107 cm³/mol. The summed E-state index contributed by atoms with van der Waals surface area (Å²) in [7, 11) is 0. The van der Waals surface area contributed by atoms with Crippen LogP contribution in [0.25, 0.3) is 0 Å². The van der Waals surface area contributed by atoms with Crippen LogP contribution in [-0.4, -0.2) is 60.2 Å². The van der Waals surface area contributed by atoms with E-state index in [1.54, 1.807) is 30.3 Å². The number of carbonyl (C=O) groups is 2. The molecular formula is C22H27NO6. The molecule has 0 fully saturated rings. The second-order valence-corrected chi connectivity index (χ2v) is 6.64. The molecule has 2 aromatic rings. The van der Waals surface area contributed by atoms with Gasteiger partial charge in [-0.2, -0.15) is 0 Å². The number of amides is 1. The minimum atomic E-state index is -1.22. The number of aliphatic hydroxyl groups excluding tert-OH is 2. The second-order valence-electron chi connectivity index (χ2n) is 6.64. The van der Waals surface area contributed by atoms with E-state index in [-0.39, 0.29) is 19.1 Å². The van der Waals surface area contributed by atoms with E-state index in [0.717, 1.165) is 5.56 Å². The van der Waals surface area contributed by atoms with Crippen molar-refractivity contribution in [3.63, 3.8) is 0 Å². The van der Waals surface area contributed by atoms with Crippen molar-refractivity contribution in [2.45, 2.75) is 31.7 Å². The number of rotatable bonds is 11. The number of hydrogen-bond donors (Lipinski definition) is 3. The second kappa shape index (κ2) is 12.0. The molecule has 29 heavy (non-hydrogen) atoms. The van der Waals surface area contributed by atoms with Crippen molar-refractivity contribution in [1.29, 1.82) is 0 Å². The maximum atomic E-state index is 12.0. The van der Waals surface area contributed by atoms with Gasteiger partial charge in [0, 0.05) is 19.9 Å². The molecule has 0 heterocycles. The Bertz CT molecular complexity index is 752. The topological polar surface area (TPSA) is 105 Å². The molecule has 2 aromatic carbocycles. The standard InChI is InChI=1S/C22H27NO6/c1-16(25)23-13-19(12-17-8-4-2-5-9-17)29-21(14-24)20(26)15-28-22(27)18-10-6-3-7-11-18/h2-11,19-21,24,26H,12-15H2,1H3,(H,23,25)/t19?,20-,21?/m0/s1. The third-order valence-corrected chi connectivity index (χ3v) is 4.26. The van der Waals surface area contributed by atoms with Gasteiger partial charge >= 0.3 is 5.97 Å². The molecule has 0 bridgehead atoms. The lowest BCUT2D eigenvalue weighted by atomic mass is 10.1. The van der Waals surface area contributed by atoms with Crippen molar-refractivity contribution >= 4 is 11.9 Å². The van der Waals surface area contributed by atoms with Crippen LogP contribution in [0.3, 0.4) is 0 Å². The van der Waals surface area contributed by atoms with Crippen LogP contribution >= 0.6 is 0 Å². The van der Waals surface area contributed by atoms with Crippen molar-refractivity contribution in [2.24, 2.45) is 0 Å². The van der Waals surface area contributed by atoms with Crippen LogP contribution in [0.4, 0.5) is 0 Å². The summed E-state index contributed by atoms with van der Waals surface area (Å²) in [6.07, 6.45) is -2.18. The van der Waals surface area contributed by atoms with Crippen LogP contribution in [-0.2, 0) is 20.7 Å². The van der Waals surface area contributed by atoms with Crippen molar-refractivity contribution in [1.82, 2.24) is 5.32 Å². The Morgan fingerprint density at radius 2 is 1.66 bits per heavy atom. The summed E-state index contributed by atoms with van der Waals surface area (Å²) < 4.78 is 11.0. The highest BCUT2D eigenvalue weighted by molar-refractivity contribution is 5.89. The highest BCUT2D eigenvalue weighted by Crippen LogP contribution is 2.11. The van der Waals surface area contributed by atoms with Gasteiger partial charge in [0.25, 0.3) is 0 Å². The normalized spacial score (nSPS) is 13.9. The molecule has 7 nitrogen and oxygen atoms in total. The zero-order chi connectivity index (χ0) is 21.1. The lowest BCUT2D eigenvalue weighted by Crippen LogP contribution is -2.43. The zero-order valence-electron chi connectivity index (χ0n) is 16.4. The first-order chi connectivity index (χ1) is 14.0. The number of benzene rings is 2. The van der Waals surface area contributed by atoms with E-state index in [2.05, 4.69) is 5.32 Å². The minimum Gasteiger partial charge on any atom is -0.459 e. The van der Waals surface area contributed by atoms with Crippen molar-refractivity contribution in [3.05, 3.63) is 71.8 Å². The Morgan fingerprint density at radius 3 is 2.24 bits per heavy atom. The van der Waals surface area contributed by atoms with Crippen LogP contribution in [0.5, 0.6) is 0 Å². The van der Waals surface area contributed by atoms with Gasteiger partial charge in [-0.25, -0.2) is 4.79 Å². The average molecular weight is 401 g/mol. The monoisotopic (exact) mass is 401 g/mol. The minimum absolute atomic E-state index is 0.204. The van der Waals surface area contributed by atoms with Gasteiger partial charge in [-0.05, 0) is 17.7 Å². The summed E-state index contributed by atoms with van der Waals surface area (Å²) in [6.45, 7) is 0.838. The van der Waals surface area contributed by atoms with E-state index >= 15 is 0 Å². The molecule has 0 aliphatic heterocycles. The number of esters is 1. The van der Waals surface area contributed by atoms with Gasteiger partial charge < -0.3 is 25.0 Å². The molecule has 3 atom stereocenters. The molecule has 0 spiro atoms. The van der Waals surface area contributed by atoms with Crippen LogP contribution in [0.2, 0.25) is 0 Å². The van der Waals surface area contributed by atoms with Gasteiger partial charge in [-0.1, -0.05) is 48.5 Å². The summed E-state index contributed by atoms with van der Waals surface area (Å²) in [5.41, 5.74) is 1.36. The van der Waals surface area contributed by atoms with E-state index in [1.807, 2.05) is 30.3 Å². The van der Waals surface area contributed by atoms with Crippen molar-refractivity contribution in [2.75, 3.05) is 19.8 Å². The van der Waals surface area contributed by atoms with Gasteiger partial charge in [-0.15, -0.1) is 0 Å². The van der Waals surface area contributed by atoms with Gasteiger partial charge in [0.2, 0.25) is 5.91 Å². The number of nitrogens with one attached hydrogen (secondary N) is 1. The lowest BCUT2D eigenvalue weighted by molar-refractivity contribution is -0.123. The summed E-state index contributed by atoms with van der Waals surface area (Å²) in [5, 5.41) is 22.7.